The highest BCUT2D eigenvalue weighted by Crippen LogP contribution is 2.18. The van der Waals surface area contributed by atoms with Gasteiger partial charge in [-0.1, -0.05) is 33.8 Å². The molecule has 0 aliphatic heterocycles. The SMILES string of the molecule is CC(C)COC(=O)N(C)c1ncccc1COC(=O)C(N)C(C)C. The molecule has 0 aromatic carbocycles. The van der Waals surface area contributed by atoms with Crippen molar-refractivity contribution in [3.8, 4) is 0 Å². The van der Waals surface area contributed by atoms with Crippen LogP contribution in [-0.4, -0.2) is 36.7 Å². The second kappa shape index (κ2) is 9.22. The third kappa shape index (κ3) is 5.81. The number of hydrogen-bond donors (Lipinski definition) is 1. The Morgan fingerprint density at radius 1 is 1.25 bits per heavy atom. The van der Waals surface area contributed by atoms with E-state index in [0.29, 0.717) is 18.0 Å². The molecule has 7 nitrogen and oxygen atoms in total. The van der Waals surface area contributed by atoms with Crippen LogP contribution in [0.4, 0.5) is 10.6 Å². The van der Waals surface area contributed by atoms with Gasteiger partial charge in [0, 0.05) is 18.8 Å². The predicted octanol–water partition coefficient (Wildman–Crippen LogP) is 2.34. The monoisotopic (exact) mass is 337 g/mol. The molecule has 1 rings (SSSR count). The van der Waals surface area contributed by atoms with Crippen molar-refractivity contribution in [3.63, 3.8) is 0 Å². The summed E-state index contributed by atoms with van der Waals surface area (Å²) in [6.45, 7) is 7.92. The van der Waals surface area contributed by atoms with Crippen molar-refractivity contribution in [1.82, 2.24) is 4.98 Å². The Morgan fingerprint density at radius 2 is 1.92 bits per heavy atom. The number of anilines is 1. The molecule has 24 heavy (non-hydrogen) atoms. The summed E-state index contributed by atoms with van der Waals surface area (Å²) >= 11 is 0. The average molecular weight is 337 g/mol. The molecule has 7 heteroatoms. The molecule has 0 spiro atoms. The summed E-state index contributed by atoms with van der Waals surface area (Å²) in [6.07, 6.45) is 1.06. The summed E-state index contributed by atoms with van der Waals surface area (Å²) in [5.41, 5.74) is 6.37. The minimum atomic E-state index is -0.682. The minimum absolute atomic E-state index is 0.00970. The Morgan fingerprint density at radius 3 is 2.50 bits per heavy atom. The largest absolute Gasteiger partial charge is 0.460 e. The van der Waals surface area contributed by atoms with E-state index in [0.717, 1.165) is 0 Å². The average Bonchev–Trinajstić information content (AvgIpc) is 2.56. The first-order valence-corrected chi connectivity index (χ1v) is 8.00. The van der Waals surface area contributed by atoms with Gasteiger partial charge in [-0.2, -0.15) is 0 Å². The van der Waals surface area contributed by atoms with E-state index in [2.05, 4.69) is 4.98 Å². The smallest absolute Gasteiger partial charge is 0.415 e. The molecule has 0 fully saturated rings. The number of nitrogens with two attached hydrogens (primary N) is 1. The zero-order valence-corrected chi connectivity index (χ0v) is 15.0. The highest BCUT2D eigenvalue weighted by Gasteiger charge is 2.21. The maximum Gasteiger partial charge on any atom is 0.415 e. The van der Waals surface area contributed by atoms with Gasteiger partial charge in [-0.15, -0.1) is 0 Å². The lowest BCUT2D eigenvalue weighted by atomic mass is 10.1. The van der Waals surface area contributed by atoms with Crippen molar-refractivity contribution in [2.75, 3.05) is 18.6 Å². The molecule has 134 valence electrons. The van der Waals surface area contributed by atoms with E-state index in [-0.39, 0.29) is 18.4 Å². The van der Waals surface area contributed by atoms with E-state index in [1.807, 2.05) is 27.7 Å². The second-order valence-electron chi connectivity index (χ2n) is 6.39. The number of pyridine rings is 1. The molecule has 1 aromatic rings. The van der Waals surface area contributed by atoms with E-state index in [9.17, 15) is 9.59 Å². The number of nitrogens with zero attached hydrogens (tertiary/aromatic N) is 2. The maximum atomic E-state index is 12.1. The number of esters is 1. The van der Waals surface area contributed by atoms with Gasteiger partial charge in [0.15, 0.2) is 0 Å². The maximum absolute atomic E-state index is 12.1. The molecular formula is C17H27N3O4. The fourth-order valence-corrected chi connectivity index (χ4v) is 1.78. The van der Waals surface area contributed by atoms with Crippen LogP contribution >= 0.6 is 0 Å². The third-order valence-electron chi connectivity index (χ3n) is 3.36. The van der Waals surface area contributed by atoms with E-state index in [1.54, 1.807) is 25.4 Å². The van der Waals surface area contributed by atoms with E-state index < -0.39 is 18.1 Å². The number of carbonyl (C=O) groups is 2. The number of amides is 1. The summed E-state index contributed by atoms with van der Waals surface area (Å²) in [4.78, 5) is 29.4. The molecule has 0 aliphatic carbocycles. The summed E-state index contributed by atoms with van der Waals surface area (Å²) in [7, 11) is 1.57. The molecule has 1 heterocycles. The second-order valence-corrected chi connectivity index (χ2v) is 6.39. The van der Waals surface area contributed by atoms with Crippen LogP contribution in [0.15, 0.2) is 18.3 Å². The topological polar surface area (TPSA) is 94.7 Å². The zero-order valence-electron chi connectivity index (χ0n) is 15.0. The fourth-order valence-electron chi connectivity index (χ4n) is 1.78. The van der Waals surface area contributed by atoms with Crippen molar-refractivity contribution >= 4 is 17.9 Å². The van der Waals surface area contributed by atoms with Crippen LogP contribution in [0.25, 0.3) is 0 Å². The first kappa shape index (κ1) is 19.9. The van der Waals surface area contributed by atoms with Crippen molar-refractivity contribution in [2.24, 2.45) is 17.6 Å². The zero-order chi connectivity index (χ0) is 18.3. The molecule has 2 N–H and O–H groups in total. The lowest BCUT2D eigenvalue weighted by molar-refractivity contribution is -0.147. The Hall–Kier alpha value is -2.15. The van der Waals surface area contributed by atoms with Gasteiger partial charge in [-0.05, 0) is 17.9 Å². The fraction of sp³-hybridized carbons (Fsp3) is 0.588. The number of rotatable bonds is 7. The van der Waals surface area contributed by atoms with Crippen LogP contribution in [-0.2, 0) is 20.9 Å². The van der Waals surface area contributed by atoms with Gasteiger partial charge >= 0.3 is 12.1 Å². The van der Waals surface area contributed by atoms with E-state index in [1.165, 1.54) is 4.90 Å². The molecule has 0 radical (unpaired) electrons. The summed E-state index contributed by atoms with van der Waals surface area (Å²) < 4.78 is 10.4. The van der Waals surface area contributed by atoms with Crippen molar-refractivity contribution in [2.45, 2.75) is 40.3 Å². The Kier molecular flexibility index (Phi) is 7.64. The minimum Gasteiger partial charge on any atom is -0.460 e. The summed E-state index contributed by atoms with van der Waals surface area (Å²) in [6, 6.07) is 2.77. The molecule has 1 amide bonds. The van der Waals surface area contributed by atoms with E-state index >= 15 is 0 Å². The van der Waals surface area contributed by atoms with Gasteiger partial charge in [0.25, 0.3) is 0 Å². The quantitative estimate of drug-likeness (QED) is 0.767. The van der Waals surface area contributed by atoms with Crippen LogP contribution < -0.4 is 10.6 Å². The number of hydrogen-bond acceptors (Lipinski definition) is 6. The van der Waals surface area contributed by atoms with Crippen molar-refractivity contribution < 1.29 is 19.1 Å². The summed E-state index contributed by atoms with van der Waals surface area (Å²) in [5.74, 6) is 0.130. The van der Waals surface area contributed by atoms with Gasteiger partial charge in [-0.3, -0.25) is 9.69 Å². The lowest BCUT2D eigenvalue weighted by Crippen LogP contribution is -2.37. The molecule has 0 saturated carbocycles. The molecule has 1 aromatic heterocycles. The molecule has 1 atom stereocenters. The van der Waals surface area contributed by atoms with Crippen LogP contribution in [0.2, 0.25) is 0 Å². The van der Waals surface area contributed by atoms with Gasteiger partial charge < -0.3 is 15.2 Å². The molecular weight excluding hydrogens is 310 g/mol. The van der Waals surface area contributed by atoms with Gasteiger partial charge in [-0.25, -0.2) is 9.78 Å². The predicted molar refractivity (Wildman–Crippen MR) is 91.4 cm³/mol. The van der Waals surface area contributed by atoms with Crippen LogP contribution in [0.5, 0.6) is 0 Å². The molecule has 0 saturated heterocycles. The van der Waals surface area contributed by atoms with Gasteiger partial charge in [0.1, 0.15) is 18.5 Å². The van der Waals surface area contributed by atoms with Crippen molar-refractivity contribution in [3.05, 3.63) is 23.9 Å². The Balaban J connectivity index is 2.77. The third-order valence-corrected chi connectivity index (χ3v) is 3.36. The van der Waals surface area contributed by atoms with Crippen LogP contribution in [0.3, 0.4) is 0 Å². The van der Waals surface area contributed by atoms with Gasteiger partial charge in [0.05, 0.1) is 6.61 Å². The van der Waals surface area contributed by atoms with E-state index in [4.69, 9.17) is 15.2 Å². The standard InChI is InChI=1S/C17H27N3O4/c1-11(2)9-24-17(22)20(5)15-13(7-6-8-19-15)10-23-16(21)14(18)12(3)4/h6-8,11-12,14H,9-10,18H2,1-5H3. The van der Waals surface area contributed by atoms with Gasteiger partial charge in [0.2, 0.25) is 0 Å². The number of ether oxygens (including phenoxy) is 2. The first-order valence-electron chi connectivity index (χ1n) is 8.00. The van der Waals surface area contributed by atoms with Crippen LogP contribution in [0, 0.1) is 11.8 Å². The normalized spacial score (nSPS) is 12.2. The van der Waals surface area contributed by atoms with Crippen LogP contribution in [0.1, 0.15) is 33.3 Å². The molecule has 0 aliphatic rings. The number of carbonyl (C=O) groups excluding carboxylic acids is 2. The molecule has 0 bridgehead atoms. The first-order chi connectivity index (χ1) is 11.2. The molecule has 1 unspecified atom stereocenters. The Bertz CT molecular complexity index is 561. The van der Waals surface area contributed by atoms with Crippen molar-refractivity contribution in [1.29, 1.82) is 0 Å². The highest BCUT2D eigenvalue weighted by atomic mass is 16.6. The lowest BCUT2D eigenvalue weighted by Gasteiger charge is -2.20. The number of aromatic nitrogens is 1. The highest BCUT2D eigenvalue weighted by molar-refractivity contribution is 5.86. The Labute approximate surface area is 143 Å². The summed E-state index contributed by atoms with van der Waals surface area (Å²) in [5, 5.41) is 0.